The zero-order valence-corrected chi connectivity index (χ0v) is 16.9. The molecule has 2 amide bonds. The van der Waals surface area contributed by atoms with Crippen LogP contribution in [0.2, 0.25) is 5.02 Å². The molecule has 0 aliphatic heterocycles. The molecule has 1 atom stereocenters. The van der Waals surface area contributed by atoms with Crippen LogP contribution in [0.15, 0.2) is 42.5 Å². The quantitative estimate of drug-likeness (QED) is 0.719. The van der Waals surface area contributed by atoms with E-state index in [1.165, 1.54) is 24.1 Å². The van der Waals surface area contributed by atoms with Crippen LogP contribution < -0.4 is 10.5 Å². The molecule has 2 rings (SSSR count). The fourth-order valence-corrected chi connectivity index (χ4v) is 3.06. The lowest BCUT2D eigenvalue weighted by Crippen LogP contribution is -2.48. The summed E-state index contributed by atoms with van der Waals surface area (Å²) in [6, 6.07) is 9.96. The number of halogens is 2. The first kappa shape index (κ1) is 21.7. The first-order valence-corrected chi connectivity index (χ1v) is 9.29. The Balaban J connectivity index is 2.42. The van der Waals surface area contributed by atoms with E-state index in [0.29, 0.717) is 22.6 Å². The van der Waals surface area contributed by atoms with E-state index in [1.54, 1.807) is 30.3 Å². The lowest BCUT2D eigenvalue weighted by atomic mass is 10.00. The Kier molecular flexibility index (Phi) is 7.40. The van der Waals surface area contributed by atoms with Crippen molar-refractivity contribution in [1.82, 2.24) is 4.90 Å². The van der Waals surface area contributed by atoms with Gasteiger partial charge < -0.3 is 15.4 Å². The fraction of sp³-hybridized carbons (Fsp3) is 0.333. The highest BCUT2D eigenvalue weighted by Crippen LogP contribution is 2.23. The molecule has 150 valence electrons. The van der Waals surface area contributed by atoms with E-state index in [1.807, 2.05) is 13.8 Å². The third-order valence-electron chi connectivity index (χ3n) is 4.32. The summed E-state index contributed by atoms with van der Waals surface area (Å²) >= 11 is 5.90. The van der Waals surface area contributed by atoms with Crippen LogP contribution in [0.5, 0.6) is 5.75 Å². The fourth-order valence-electron chi connectivity index (χ4n) is 2.93. The van der Waals surface area contributed by atoms with Crippen molar-refractivity contribution in [1.29, 1.82) is 0 Å². The second-order valence-corrected chi connectivity index (χ2v) is 7.39. The van der Waals surface area contributed by atoms with Gasteiger partial charge in [-0.2, -0.15) is 0 Å². The van der Waals surface area contributed by atoms with Gasteiger partial charge in [0, 0.05) is 17.1 Å². The second kappa shape index (κ2) is 9.55. The van der Waals surface area contributed by atoms with Crippen LogP contribution in [0.3, 0.4) is 0 Å². The van der Waals surface area contributed by atoms with E-state index in [4.69, 9.17) is 22.1 Å². The minimum Gasteiger partial charge on any atom is -0.494 e. The lowest BCUT2D eigenvalue weighted by Gasteiger charge is -2.31. The smallest absolute Gasteiger partial charge is 0.254 e. The van der Waals surface area contributed by atoms with Gasteiger partial charge in [-0.05, 0) is 54.3 Å². The number of ether oxygens (including phenoxy) is 1. The first-order chi connectivity index (χ1) is 13.2. The molecule has 0 saturated heterocycles. The maximum atomic E-state index is 14.1. The number of nitrogens with zero attached hydrogens (tertiary/aromatic N) is 1. The number of amides is 2. The van der Waals surface area contributed by atoms with Gasteiger partial charge >= 0.3 is 0 Å². The number of benzene rings is 2. The summed E-state index contributed by atoms with van der Waals surface area (Å²) in [5.74, 6) is -1.29. The van der Waals surface area contributed by atoms with Gasteiger partial charge in [-0.15, -0.1) is 0 Å². The maximum absolute atomic E-state index is 14.1. The molecule has 0 fully saturated rings. The van der Waals surface area contributed by atoms with E-state index in [0.717, 1.165) is 0 Å². The van der Waals surface area contributed by atoms with E-state index in [9.17, 15) is 14.0 Å². The van der Waals surface area contributed by atoms with Crippen molar-refractivity contribution in [2.24, 2.45) is 11.7 Å². The number of carbonyl (C=O) groups excluding carboxylic acids is 2. The summed E-state index contributed by atoms with van der Waals surface area (Å²) in [6.07, 6.45) is 0.396. The lowest BCUT2D eigenvalue weighted by molar-refractivity contribution is -0.123. The Morgan fingerprint density at radius 1 is 1.18 bits per heavy atom. The number of hydrogen-bond donors (Lipinski definition) is 1. The van der Waals surface area contributed by atoms with Crippen molar-refractivity contribution < 1.29 is 18.7 Å². The number of methoxy groups -OCH3 is 1. The SMILES string of the molecule is COc1ccc(CN(C(=O)c2ccc(Cl)cc2)[C@H](CC(C)C)C(N)=O)cc1F. The minimum atomic E-state index is -0.826. The van der Waals surface area contributed by atoms with Crippen molar-refractivity contribution >= 4 is 23.4 Å². The van der Waals surface area contributed by atoms with Gasteiger partial charge in [-0.1, -0.05) is 31.5 Å². The monoisotopic (exact) mass is 406 g/mol. The Morgan fingerprint density at radius 3 is 2.32 bits per heavy atom. The molecule has 0 heterocycles. The highest BCUT2D eigenvalue weighted by molar-refractivity contribution is 6.30. The summed E-state index contributed by atoms with van der Waals surface area (Å²) in [5.41, 5.74) is 6.50. The van der Waals surface area contributed by atoms with Crippen LogP contribution in [0.1, 0.15) is 36.2 Å². The van der Waals surface area contributed by atoms with Gasteiger partial charge in [0.2, 0.25) is 5.91 Å². The number of primary amides is 1. The molecule has 0 aliphatic carbocycles. The molecule has 0 aliphatic rings. The van der Waals surface area contributed by atoms with Gasteiger partial charge in [0.1, 0.15) is 6.04 Å². The Bertz CT molecular complexity index is 840. The zero-order valence-electron chi connectivity index (χ0n) is 16.1. The van der Waals surface area contributed by atoms with Crippen molar-refractivity contribution in [3.8, 4) is 5.75 Å². The third-order valence-corrected chi connectivity index (χ3v) is 4.57. The summed E-state index contributed by atoms with van der Waals surface area (Å²) in [6.45, 7) is 3.91. The van der Waals surface area contributed by atoms with Crippen LogP contribution >= 0.6 is 11.6 Å². The molecule has 5 nitrogen and oxygen atoms in total. The molecule has 0 bridgehead atoms. The zero-order chi connectivity index (χ0) is 20.8. The minimum absolute atomic E-state index is 0.0305. The molecule has 0 spiro atoms. The molecule has 2 aromatic rings. The van der Waals surface area contributed by atoms with E-state index < -0.39 is 17.8 Å². The van der Waals surface area contributed by atoms with Crippen LogP contribution in [-0.2, 0) is 11.3 Å². The van der Waals surface area contributed by atoms with Crippen LogP contribution in [-0.4, -0.2) is 29.9 Å². The van der Waals surface area contributed by atoms with E-state index in [-0.39, 0.29) is 24.1 Å². The van der Waals surface area contributed by atoms with Gasteiger partial charge in [0.05, 0.1) is 7.11 Å². The van der Waals surface area contributed by atoms with Crippen molar-refractivity contribution in [2.45, 2.75) is 32.9 Å². The molecular weight excluding hydrogens is 383 g/mol. The third kappa shape index (κ3) is 5.45. The molecule has 0 aromatic heterocycles. The van der Waals surface area contributed by atoms with Crippen molar-refractivity contribution in [2.75, 3.05) is 7.11 Å². The summed E-state index contributed by atoms with van der Waals surface area (Å²) in [7, 11) is 1.38. The Labute approximate surface area is 169 Å². The van der Waals surface area contributed by atoms with Gasteiger partial charge in [-0.3, -0.25) is 9.59 Å². The topological polar surface area (TPSA) is 72.6 Å². The van der Waals surface area contributed by atoms with Crippen molar-refractivity contribution in [3.63, 3.8) is 0 Å². The Morgan fingerprint density at radius 2 is 1.82 bits per heavy atom. The summed E-state index contributed by atoms with van der Waals surface area (Å²) in [5, 5.41) is 0.494. The molecule has 2 N–H and O–H groups in total. The first-order valence-electron chi connectivity index (χ1n) is 8.91. The molecule has 7 heteroatoms. The number of rotatable bonds is 8. The maximum Gasteiger partial charge on any atom is 0.254 e. The molecule has 0 radical (unpaired) electrons. The molecule has 0 unspecified atom stereocenters. The summed E-state index contributed by atoms with van der Waals surface area (Å²) < 4.78 is 19.0. The van der Waals surface area contributed by atoms with Gasteiger partial charge in [-0.25, -0.2) is 4.39 Å². The van der Waals surface area contributed by atoms with Crippen LogP contribution in [0, 0.1) is 11.7 Å². The molecule has 2 aromatic carbocycles. The number of nitrogens with two attached hydrogens (primary N) is 1. The van der Waals surface area contributed by atoms with E-state index in [2.05, 4.69) is 0 Å². The number of carbonyl (C=O) groups is 2. The molecule has 28 heavy (non-hydrogen) atoms. The Hall–Kier alpha value is -2.60. The average molecular weight is 407 g/mol. The van der Waals surface area contributed by atoms with Gasteiger partial charge in [0.25, 0.3) is 5.91 Å². The molecule has 0 saturated carbocycles. The van der Waals surface area contributed by atoms with Crippen LogP contribution in [0.25, 0.3) is 0 Å². The largest absolute Gasteiger partial charge is 0.494 e. The normalized spacial score (nSPS) is 11.9. The predicted molar refractivity (Wildman–Crippen MR) is 107 cm³/mol. The van der Waals surface area contributed by atoms with Crippen LogP contribution in [0.4, 0.5) is 4.39 Å². The standard InChI is InChI=1S/C21H24ClFN2O3/c1-13(2)10-18(20(24)26)25(21(27)15-5-7-16(22)8-6-15)12-14-4-9-19(28-3)17(23)11-14/h4-9,11,13,18H,10,12H2,1-3H3,(H2,24,26)/t18-/m1/s1. The van der Waals surface area contributed by atoms with E-state index >= 15 is 0 Å². The molecular formula is C21H24ClFN2O3. The second-order valence-electron chi connectivity index (χ2n) is 6.96. The highest BCUT2D eigenvalue weighted by atomic mass is 35.5. The highest BCUT2D eigenvalue weighted by Gasteiger charge is 2.30. The van der Waals surface area contributed by atoms with Gasteiger partial charge in [0.15, 0.2) is 11.6 Å². The van der Waals surface area contributed by atoms with Crippen molar-refractivity contribution in [3.05, 3.63) is 64.4 Å². The number of hydrogen-bond acceptors (Lipinski definition) is 3. The average Bonchev–Trinajstić information content (AvgIpc) is 2.64. The predicted octanol–water partition coefficient (Wildman–Crippen LogP) is 4.03. The summed E-state index contributed by atoms with van der Waals surface area (Å²) in [4.78, 5) is 26.7.